The number of amides is 5. The van der Waals surface area contributed by atoms with Gasteiger partial charge in [-0.25, -0.2) is 28.1 Å². The Balaban J connectivity index is 1.39. The zero-order valence-corrected chi connectivity index (χ0v) is 26.2. The summed E-state index contributed by atoms with van der Waals surface area (Å²) in [6, 6.07) is 7.61. The maximum Gasteiger partial charge on any atom is 0.338 e. The molecule has 2 heterocycles. The van der Waals surface area contributed by atoms with E-state index in [1.165, 1.54) is 18.7 Å². The van der Waals surface area contributed by atoms with Gasteiger partial charge >= 0.3 is 18.0 Å². The van der Waals surface area contributed by atoms with Crippen LogP contribution < -0.4 is 16.0 Å². The third-order valence-corrected chi connectivity index (χ3v) is 7.72. The number of rotatable bonds is 12. The topological polar surface area (TPSA) is 129 Å². The summed E-state index contributed by atoms with van der Waals surface area (Å²) < 4.78 is 38.1. The molecule has 2 aromatic rings. The summed E-state index contributed by atoms with van der Waals surface area (Å²) in [5.74, 6) is -3.20. The van der Waals surface area contributed by atoms with E-state index >= 15 is 0 Å². The van der Waals surface area contributed by atoms with Crippen LogP contribution in [0.25, 0.3) is 5.57 Å². The van der Waals surface area contributed by atoms with E-state index in [9.17, 15) is 28.0 Å². The van der Waals surface area contributed by atoms with E-state index in [0.717, 1.165) is 54.8 Å². The molecule has 4 rings (SSSR count). The highest BCUT2D eigenvalue weighted by atomic mass is 19.2. The molecule has 5 amide bonds. The third kappa shape index (κ3) is 8.34. The van der Waals surface area contributed by atoms with Gasteiger partial charge in [-0.3, -0.25) is 9.69 Å². The van der Waals surface area contributed by atoms with Crippen molar-refractivity contribution < 1.29 is 37.4 Å². The van der Waals surface area contributed by atoms with Gasteiger partial charge in [0, 0.05) is 45.4 Å². The van der Waals surface area contributed by atoms with Crippen LogP contribution in [0.4, 0.5) is 24.1 Å². The third-order valence-electron chi connectivity index (χ3n) is 7.72. The van der Waals surface area contributed by atoms with Crippen LogP contribution in [0.15, 0.2) is 59.8 Å². The van der Waals surface area contributed by atoms with E-state index in [0.29, 0.717) is 25.9 Å². The van der Waals surface area contributed by atoms with Gasteiger partial charge in [-0.1, -0.05) is 31.2 Å². The minimum Gasteiger partial charge on any atom is -0.466 e. The number of hydrogen-bond acceptors (Lipinski definition) is 7. The number of methoxy groups -OCH3 is 2. The molecule has 0 bridgehead atoms. The van der Waals surface area contributed by atoms with Gasteiger partial charge in [-0.2, -0.15) is 0 Å². The van der Waals surface area contributed by atoms with E-state index in [-0.39, 0.29) is 35.9 Å². The van der Waals surface area contributed by atoms with Crippen LogP contribution in [-0.4, -0.2) is 80.7 Å². The Labute approximate surface area is 266 Å². The highest BCUT2D eigenvalue weighted by molar-refractivity contribution is 6.01. The molecular weight excluding hydrogens is 600 g/mol. The van der Waals surface area contributed by atoms with Gasteiger partial charge in [0.15, 0.2) is 11.6 Å². The lowest BCUT2D eigenvalue weighted by atomic mass is 9.93. The van der Waals surface area contributed by atoms with Crippen LogP contribution in [0.5, 0.6) is 0 Å². The minimum atomic E-state index is -1.40. The Hall–Kier alpha value is -4.62. The number of halogens is 2. The van der Waals surface area contributed by atoms with Gasteiger partial charge < -0.3 is 25.4 Å². The van der Waals surface area contributed by atoms with Crippen LogP contribution >= 0.6 is 0 Å². The number of anilines is 1. The molecule has 2 aliphatic rings. The molecule has 0 saturated heterocycles. The SMILES string of the molecule is CCCC(=O)Nc1cccc(C2=CCN(CCCNC(=O)N3C(=O)NC(COC)=C(C(=O)OC)C3c3ccc(F)c(F)c3)CC2)c1. The standard InChI is InChI=1S/C33H39F2N5O6/c1-4-7-28(41)37-24-9-5-8-22(18-24)21-12-16-39(17-13-21)15-6-14-36-32(43)40-30(23-10-11-25(34)26(35)19-23)29(31(42)46-3)27(20-45-2)38-33(40)44/h5,8-12,18-19,30H,4,6-7,13-17,20H2,1-3H3,(H,36,43)(H,37,41)(H,38,44). The van der Waals surface area contributed by atoms with Crippen LogP contribution in [-0.2, 0) is 19.1 Å². The van der Waals surface area contributed by atoms with Crippen molar-refractivity contribution in [1.82, 2.24) is 20.4 Å². The summed E-state index contributed by atoms with van der Waals surface area (Å²) in [6.45, 7) is 4.15. The maximum atomic E-state index is 14.3. The average molecular weight is 640 g/mol. The average Bonchev–Trinajstić information content (AvgIpc) is 3.04. The van der Waals surface area contributed by atoms with Crippen molar-refractivity contribution in [1.29, 1.82) is 0 Å². The predicted molar refractivity (Wildman–Crippen MR) is 167 cm³/mol. The Bertz CT molecular complexity index is 1530. The number of carbonyl (C=O) groups excluding carboxylic acids is 4. The van der Waals surface area contributed by atoms with Crippen LogP contribution in [0.3, 0.4) is 0 Å². The summed E-state index contributed by atoms with van der Waals surface area (Å²) >= 11 is 0. The molecule has 2 aliphatic heterocycles. The lowest BCUT2D eigenvalue weighted by molar-refractivity contribution is -0.137. The molecule has 2 aromatic carbocycles. The van der Waals surface area contributed by atoms with E-state index in [4.69, 9.17) is 9.47 Å². The molecule has 1 atom stereocenters. The summed E-state index contributed by atoms with van der Waals surface area (Å²) in [4.78, 5) is 54.4. The smallest absolute Gasteiger partial charge is 0.338 e. The molecule has 246 valence electrons. The van der Waals surface area contributed by atoms with Crippen molar-refractivity contribution in [2.75, 3.05) is 52.3 Å². The normalized spacial score (nSPS) is 16.9. The second kappa shape index (κ2) is 16.1. The largest absolute Gasteiger partial charge is 0.466 e. The van der Waals surface area contributed by atoms with Crippen LogP contribution in [0.2, 0.25) is 0 Å². The van der Waals surface area contributed by atoms with Crippen molar-refractivity contribution in [2.45, 2.75) is 38.6 Å². The fourth-order valence-electron chi connectivity index (χ4n) is 5.49. The van der Waals surface area contributed by atoms with Gasteiger partial charge in [-0.15, -0.1) is 0 Å². The molecule has 0 aliphatic carbocycles. The second-order valence-electron chi connectivity index (χ2n) is 10.9. The first kappa shape index (κ1) is 34.3. The Morgan fingerprint density at radius 3 is 2.57 bits per heavy atom. The van der Waals surface area contributed by atoms with E-state index < -0.39 is 35.7 Å². The molecular formula is C33H39F2N5O6. The van der Waals surface area contributed by atoms with Gasteiger partial charge in [0.25, 0.3) is 0 Å². The van der Waals surface area contributed by atoms with E-state index in [1.807, 2.05) is 31.2 Å². The van der Waals surface area contributed by atoms with Gasteiger partial charge in [-0.05, 0) is 60.2 Å². The van der Waals surface area contributed by atoms with Gasteiger partial charge in [0.1, 0.15) is 6.04 Å². The molecule has 0 radical (unpaired) electrons. The number of hydrogen-bond donors (Lipinski definition) is 3. The molecule has 46 heavy (non-hydrogen) atoms. The number of esters is 1. The predicted octanol–water partition coefficient (Wildman–Crippen LogP) is 4.73. The van der Waals surface area contributed by atoms with Crippen molar-refractivity contribution >= 4 is 35.2 Å². The second-order valence-corrected chi connectivity index (χ2v) is 10.9. The van der Waals surface area contributed by atoms with Crippen molar-refractivity contribution in [3.8, 4) is 0 Å². The molecule has 13 heteroatoms. The minimum absolute atomic E-state index is 0.00249. The number of benzene rings is 2. The number of urea groups is 2. The monoisotopic (exact) mass is 639 g/mol. The Morgan fingerprint density at radius 2 is 1.89 bits per heavy atom. The Kier molecular flexibility index (Phi) is 12.0. The number of carbonyl (C=O) groups is 4. The maximum absolute atomic E-state index is 14.3. The van der Waals surface area contributed by atoms with E-state index in [2.05, 4.69) is 26.9 Å². The number of ether oxygens (including phenoxy) is 2. The van der Waals surface area contributed by atoms with Gasteiger partial charge in [0.2, 0.25) is 5.91 Å². The quantitative estimate of drug-likeness (QED) is 0.226. The molecule has 11 nitrogen and oxygen atoms in total. The number of nitrogens with zero attached hydrogens (tertiary/aromatic N) is 2. The first-order valence-electron chi connectivity index (χ1n) is 15.1. The van der Waals surface area contributed by atoms with Crippen molar-refractivity contribution in [3.05, 3.63) is 82.6 Å². The number of imide groups is 1. The molecule has 0 spiro atoms. The lowest BCUT2D eigenvalue weighted by Gasteiger charge is -2.36. The zero-order valence-electron chi connectivity index (χ0n) is 26.2. The highest BCUT2D eigenvalue weighted by Gasteiger charge is 2.43. The summed E-state index contributed by atoms with van der Waals surface area (Å²) in [7, 11) is 2.49. The fourth-order valence-corrected chi connectivity index (χ4v) is 5.49. The number of nitrogens with one attached hydrogen (secondary N) is 3. The summed E-state index contributed by atoms with van der Waals surface area (Å²) in [5.41, 5.74) is 2.93. The molecule has 3 N–H and O–H groups in total. The molecule has 0 aromatic heterocycles. The molecule has 1 unspecified atom stereocenters. The summed E-state index contributed by atoms with van der Waals surface area (Å²) in [5, 5.41) is 8.14. The summed E-state index contributed by atoms with van der Waals surface area (Å²) in [6.07, 6.45) is 4.79. The highest BCUT2D eigenvalue weighted by Crippen LogP contribution is 2.35. The van der Waals surface area contributed by atoms with Crippen molar-refractivity contribution in [2.24, 2.45) is 0 Å². The van der Waals surface area contributed by atoms with Gasteiger partial charge in [0.05, 0.1) is 25.0 Å². The van der Waals surface area contributed by atoms with Crippen LogP contribution in [0, 0.1) is 11.6 Å². The molecule has 0 saturated carbocycles. The lowest BCUT2D eigenvalue weighted by Crippen LogP contribution is -2.55. The first-order valence-corrected chi connectivity index (χ1v) is 15.1. The van der Waals surface area contributed by atoms with E-state index in [1.54, 1.807) is 0 Å². The van der Waals surface area contributed by atoms with Crippen LogP contribution in [0.1, 0.15) is 49.8 Å². The molecule has 0 fully saturated rings. The fraction of sp³-hybridized carbons (Fsp3) is 0.394. The Morgan fingerprint density at radius 1 is 1.09 bits per heavy atom. The zero-order chi connectivity index (χ0) is 33.2. The van der Waals surface area contributed by atoms with Crippen molar-refractivity contribution in [3.63, 3.8) is 0 Å². The first-order chi connectivity index (χ1) is 22.2.